The van der Waals surface area contributed by atoms with Crippen LogP contribution in [0.5, 0.6) is 0 Å². The summed E-state index contributed by atoms with van der Waals surface area (Å²) >= 11 is 3.23. The van der Waals surface area contributed by atoms with Crippen molar-refractivity contribution in [2.75, 3.05) is 5.33 Å². The van der Waals surface area contributed by atoms with Gasteiger partial charge in [-0.2, -0.15) is 5.10 Å². The van der Waals surface area contributed by atoms with Gasteiger partial charge in [-0.15, -0.1) is 0 Å². The normalized spacial score (nSPS) is 10.1. The van der Waals surface area contributed by atoms with E-state index in [2.05, 4.69) is 26.0 Å². The van der Waals surface area contributed by atoms with Gasteiger partial charge in [-0.25, -0.2) is 9.48 Å². The fraction of sp³-hybridized carbons (Fsp3) is 0.500. The standard InChI is InChI=1S/C6H8BrN3O2/c7-2-1-3-10-6(12)9-5(11)4-8-10/h4H,1-3H2,(H,9,11,12). The number of nitrogens with zero attached hydrogens (tertiary/aromatic N) is 2. The number of aromatic nitrogens is 3. The SMILES string of the molecule is O=c1cnn(CCCBr)c(=O)[nH]1. The van der Waals surface area contributed by atoms with Crippen LogP contribution in [0.1, 0.15) is 6.42 Å². The van der Waals surface area contributed by atoms with E-state index in [0.717, 1.165) is 17.9 Å². The molecule has 0 saturated heterocycles. The van der Waals surface area contributed by atoms with Crippen molar-refractivity contribution >= 4 is 15.9 Å². The molecule has 0 spiro atoms. The molecule has 0 aliphatic heterocycles. The average Bonchev–Trinajstić information content (AvgIpc) is 2.03. The van der Waals surface area contributed by atoms with Gasteiger partial charge >= 0.3 is 5.69 Å². The smallest absolute Gasteiger partial charge is 0.271 e. The van der Waals surface area contributed by atoms with Crippen LogP contribution in [-0.2, 0) is 6.54 Å². The van der Waals surface area contributed by atoms with Gasteiger partial charge < -0.3 is 0 Å². The van der Waals surface area contributed by atoms with E-state index in [0.29, 0.717) is 6.54 Å². The third-order valence-electron chi connectivity index (χ3n) is 1.28. The van der Waals surface area contributed by atoms with Crippen LogP contribution in [0, 0.1) is 0 Å². The van der Waals surface area contributed by atoms with E-state index in [-0.39, 0.29) is 0 Å². The number of aromatic amines is 1. The molecule has 0 fully saturated rings. The number of H-pyrrole nitrogens is 1. The summed E-state index contributed by atoms with van der Waals surface area (Å²) in [6.07, 6.45) is 1.90. The Bertz CT molecular complexity index is 356. The summed E-state index contributed by atoms with van der Waals surface area (Å²) in [5.41, 5.74) is -0.918. The molecular weight excluding hydrogens is 226 g/mol. The van der Waals surface area contributed by atoms with Crippen molar-refractivity contribution in [1.82, 2.24) is 14.8 Å². The average molecular weight is 234 g/mol. The van der Waals surface area contributed by atoms with Gasteiger partial charge in [-0.1, -0.05) is 15.9 Å². The first kappa shape index (κ1) is 9.18. The lowest BCUT2D eigenvalue weighted by Crippen LogP contribution is -2.31. The Morgan fingerprint density at radius 1 is 1.58 bits per heavy atom. The molecule has 0 saturated carbocycles. The molecule has 1 aromatic rings. The summed E-state index contributed by atoms with van der Waals surface area (Å²) in [7, 11) is 0. The molecule has 1 aromatic heterocycles. The first-order valence-corrected chi connectivity index (χ1v) is 4.58. The molecule has 66 valence electrons. The quantitative estimate of drug-likeness (QED) is 0.731. The molecule has 0 aliphatic rings. The zero-order valence-corrected chi connectivity index (χ0v) is 7.87. The van der Waals surface area contributed by atoms with E-state index in [4.69, 9.17) is 0 Å². The maximum atomic E-state index is 11.0. The largest absolute Gasteiger partial charge is 0.344 e. The first-order chi connectivity index (χ1) is 5.74. The van der Waals surface area contributed by atoms with Crippen molar-refractivity contribution in [2.45, 2.75) is 13.0 Å². The molecule has 0 amide bonds. The second-order valence-electron chi connectivity index (χ2n) is 2.20. The van der Waals surface area contributed by atoms with Crippen LogP contribution in [0.3, 0.4) is 0 Å². The summed E-state index contributed by atoms with van der Waals surface area (Å²) < 4.78 is 1.22. The van der Waals surface area contributed by atoms with E-state index in [9.17, 15) is 9.59 Å². The Morgan fingerprint density at radius 3 is 2.92 bits per heavy atom. The molecule has 1 rings (SSSR count). The summed E-state index contributed by atoms with van der Waals surface area (Å²) in [6, 6.07) is 0. The zero-order chi connectivity index (χ0) is 8.97. The van der Waals surface area contributed by atoms with Crippen LogP contribution >= 0.6 is 15.9 Å². The molecule has 1 N–H and O–H groups in total. The lowest BCUT2D eigenvalue weighted by Gasteiger charge is -1.98. The highest BCUT2D eigenvalue weighted by Crippen LogP contribution is 1.87. The number of hydrogen-bond acceptors (Lipinski definition) is 3. The molecule has 0 aromatic carbocycles. The number of hydrogen-bond donors (Lipinski definition) is 1. The molecule has 1 heterocycles. The van der Waals surface area contributed by atoms with E-state index >= 15 is 0 Å². The number of alkyl halides is 1. The summed E-state index contributed by atoms with van der Waals surface area (Å²) in [6.45, 7) is 0.515. The molecule has 12 heavy (non-hydrogen) atoms. The van der Waals surface area contributed by atoms with Crippen molar-refractivity contribution in [3.8, 4) is 0 Å². The monoisotopic (exact) mass is 233 g/mol. The number of rotatable bonds is 3. The first-order valence-electron chi connectivity index (χ1n) is 3.46. The van der Waals surface area contributed by atoms with Gasteiger partial charge in [0.25, 0.3) is 5.56 Å². The molecule has 0 bridgehead atoms. The Balaban J connectivity index is 2.87. The number of aryl methyl sites for hydroxylation is 1. The summed E-state index contributed by atoms with van der Waals surface area (Å²) in [5, 5.41) is 4.46. The van der Waals surface area contributed by atoms with E-state index < -0.39 is 11.2 Å². The van der Waals surface area contributed by atoms with E-state index in [1.165, 1.54) is 4.68 Å². The van der Waals surface area contributed by atoms with Crippen LogP contribution < -0.4 is 11.2 Å². The molecule has 5 nitrogen and oxygen atoms in total. The minimum Gasteiger partial charge on any atom is -0.271 e. The minimum absolute atomic E-state index is 0.455. The fourth-order valence-corrected chi connectivity index (χ4v) is 0.996. The van der Waals surface area contributed by atoms with E-state index in [1.54, 1.807) is 0 Å². The Kier molecular flexibility index (Phi) is 3.21. The van der Waals surface area contributed by atoms with Gasteiger partial charge in [-0.05, 0) is 6.42 Å². The van der Waals surface area contributed by atoms with Crippen LogP contribution in [-0.4, -0.2) is 20.1 Å². The Hall–Kier alpha value is -0.910. The minimum atomic E-state index is -0.463. The molecular formula is C6H8BrN3O2. The summed E-state index contributed by atoms with van der Waals surface area (Å²) in [5.74, 6) is 0. The van der Waals surface area contributed by atoms with Crippen LogP contribution in [0.2, 0.25) is 0 Å². The van der Waals surface area contributed by atoms with Crippen molar-refractivity contribution in [3.05, 3.63) is 27.0 Å². The third-order valence-corrected chi connectivity index (χ3v) is 1.84. The van der Waals surface area contributed by atoms with Crippen molar-refractivity contribution in [1.29, 1.82) is 0 Å². The molecule has 6 heteroatoms. The number of nitrogens with one attached hydrogen (secondary N) is 1. The third kappa shape index (κ3) is 2.30. The van der Waals surface area contributed by atoms with Gasteiger partial charge in [0.05, 0.1) is 0 Å². The molecule has 0 radical (unpaired) electrons. The maximum Gasteiger partial charge on any atom is 0.344 e. The lowest BCUT2D eigenvalue weighted by molar-refractivity contribution is 0.549. The predicted octanol–water partition coefficient (Wildman–Crippen LogP) is -0.283. The number of halogens is 1. The zero-order valence-electron chi connectivity index (χ0n) is 6.29. The van der Waals surface area contributed by atoms with Crippen LogP contribution in [0.15, 0.2) is 15.8 Å². The highest BCUT2D eigenvalue weighted by molar-refractivity contribution is 9.09. The van der Waals surface area contributed by atoms with E-state index in [1.807, 2.05) is 0 Å². The van der Waals surface area contributed by atoms with Crippen molar-refractivity contribution < 1.29 is 0 Å². The lowest BCUT2D eigenvalue weighted by atomic mass is 10.5. The predicted molar refractivity (Wildman–Crippen MR) is 47.5 cm³/mol. The highest BCUT2D eigenvalue weighted by Gasteiger charge is 1.95. The van der Waals surface area contributed by atoms with Gasteiger partial charge in [0.2, 0.25) is 0 Å². The van der Waals surface area contributed by atoms with Gasteiger partial charge in [0, 0.05) is 11.9 Å². The van der Waals surface area contributed by atoms with Crippen molar-refractivity contribution in [3.63, 3.8) is 0 Å². The maximum absolute atomic E-state index is 11.0. The molecule has 0 aliphatic carbocycles. The second-order valence-corrected chi connectivity index (χ2v) is 3.00. The van der Waals surface area contributed by atoms with Gasteiger partial charge in [-0.3, -0.25) is 9.78 Å². The topological polar surface area (TPSA) is 67.8 Å². The Labute approximate surface area is 76.6 Å². The molecule has 0 unspecified atom stereocenters. The summed E-state index contributed by atoms with van der Waals surface area (Å²) in [4.78, 5) is 23.7. The second kappa shape index (κ2) is 4.20. The molecule has 0 atom stereocenters. The van der Waals surface area contributed by atoms with Gasteiger partial charge in [0.15, 0.2) is 0 Å². The highest BCUT2D eigenvalue weighted by atomic mass is 79.9. The Morgan fingerprint density at radius 2 is 2.33 bits per heavy atom. The van der Waals surface area contributed by atoms with Gasteiger partial charge in [0.1, 0.15) is 6.20 Å². The fourth-order valence-electron chi connectivity index (χ4n) is 0.746. The van der Waals surface area contributed by atoms with Crippen molar-refractivity contribution in [2.24, 2.45) is 0 Å². The van der Waals surface area contributed by atoms with Crippen LogP contribution in [0.4, 0.5) is 0 Å². The van der Waals surface area contributed by atoms with Crippen LogP contribution in [0.25, 0.3) is 0 Å².